The monoisotopic (exact) mass is 1550 g/mol. The first-order valence-electron chi connectivity index (χ1n) is 45.1. The molecule has 0 fully saturated rings. The van der Waals surface area contributed by atoms with E-state index in [1.165, 1.54) is 295 Å². The van der Waals surface area contributed by atoms with Crippen molar-refractivity contribution >= 4 is 39.5 Å². The van der Waals surface area contributed by atoms with E-state index in [2.05, 4.69) is 34.6 Å². The van der Waals surface area contributed by atoms with Crippen LogP contribution < -0.4 is 0 Å². The van der Waals surface area contributed by atoms with Crippen molar-refractivity contribution in [1.82, 2.24) is 0 Å². The Morgan fingerprint density at radius 1 is 0.255 bits per heavy atom. The number of aliphatic hydroxyl groups is 1. The van der Waals surface area contributed by atoms with Crippen LogP contribution in [-0.4, -0.2) is 96.7 Å². The number of hydrogen-bond donors (Lipinski definition) is 3. The Labute approximate surface area is 651 Å². The Bertz CT molecular complexity index is 2010. The summed E-state index contributed by atoms with van der Waals surface area (Å²) in [6, 6.07) is 0. The smallest absolute Gasteiger partial charge is 0.462 e. The third-order valence-corrected chi connectivity index (χ3v) is 22.4. The number of phosphoric acid groups is 2. The Morgan fingerprint density at radius 3 is 0.642 bits per heavy atom. The molecule has 0 aromatic rings. The van der Waals surface area contributed by atoms with E-state index >= 15 is 0 Å². The summed E-state index contributed by atoms with van der Waals surface area (Å²) in [4.78, 5) is 73.3. The molecule has 0 saturated heterocycles. The number of aliphatic hydroxyl groups excluding tert-OH is 1. The van der Waals surface area contributed by atoms with Gasteiger partial charge in [0.25, 0.3) is 0 Å². The standard InChI is InChI=1S/C87H170O17P2/c1-6-9-12-15-18-21-24-27-30-33-35-36-37-39-42-45-48-51-58-63-68-73-86(91)103-82(76-97-84(89)70-65-60-55-49-46-43-41-38-34-31-28-25-22-19-16-13-10-7-2)78-101-105(93,94)99-74-81(88)75-100-106(95,96)102-79-83(77-98-85(90)71-66-61-56-53-52-54-59-64-69-80(4)5)104-87(92)72-67-62-57-50-47-44-40-32-29-26-23-20-17-14-11-8-3/h80-83,88H,6-79H2,1-5H3,(H,93,94)(H,95,96)/t81-,82-,83-/m1/s1. The van der Waals surface area contributed by atoms with Crippen LogP contribution in [0.5, 0.6) is 0 Å². The molecule has 0 rings (SSSR count). The zero-order valence-electron chi connectivity index (χ0n) is 69.6. The van der Waals surface area contributed by atoms with Crippen LogP contribution >= 0.6 is 15.6 Å². The Hall–Kier alpha value is -1.94. The maximum absolute atomic E-state index is 13.2. The Morgan fingerprint density at radius 2 is 0.434 bits per heavy atom. The number of ether oxygens (including phenoxy) is 4. The molecule has 0 aliphatic heterocycles. The van der Waals surface area contributed by atoms with Gasteiger partial charge in [0.1, 0.15) is 19.3 Å². The third kappa shape index (κ3) is 80.1. The number of phosphoric ester groups is 2. The summed E-state index contributed by atoms with van der Waals surface area (Å²) in [5.41, 5.74) is 0. The van der Waals surface area contributed by atoms with Crippen LogP contribution in [-0.2, 0) is 65.4 Å². The number of unbranched alkanes of at least 4 members (excludes halogenated alkanes) is 59. The average molecular weight is 1550 g/mol. The lowest BCUT2D eigenvalue weighted by atomic mass is 10.0. The normalized spacial score (nSPS) is 13.7. The first-order chi connectivity index (χ1) is 51.5. The number of carbonyl (C=O) groups is 4. The molecule has 0 spiro atoms. The summed E-state index contributed by atoms with van der Waals surface area (Å²) in [5.74, 6) is -1.37. The molecule has 0 aliphatic carbocycles. The van der Waals surface area contributed by atoms with Crippen LogP contribution in [0.25, 0.3) is 0 Å². The van der Waals surface area contributed by atoms with Gasteiger partial charge in [-0.2, -0.15) is 0 Å². The van der Waals surface area contributed by atoms with Crippen LogP contribution in [0.3, 0.4) is 0 Å². The zero-order valence-corrected chi connectivity index (χ0v) is 71.4. The molecule has 0 aliphatic rings. The van der Waals surface area contributed by atoms with Crippen molar-refractivity contribution in [2.75, 3.05) is 39.6 Å². The lowest BCUT2D eigenvalue weighted by molar-refractivity contribution is -0.161. The van der Waals surface area contributed by atoms with E-state index in [1.54, 1.807) is 0 Å². The van der Waals surface area contributed by atoms with Gasteiger partial charge >= 0.3 is 39.5 Å². The Kier molecular flexibility index (Phi) is 78.2. The van der Waals surface area contributed by atoms with Gasteiger partial charge in [0.15, 0.2) is 12.2 Å². The zero-order chi connectivity index (χ0) is 77.6. The van der Waals surface area contributed by atoms with Crippen molar-refractivity contribution in [3.05, 3.63) is 0 Å². The largest absolute Gasteiger partial charge is 0.472 e. The molecule has 0 bridgehead atoms. The van der Waals surface area contributed by atoms with Gasteiger partial charge in [0.2, 0.25) is 0 Å². The van der Waals surface area contributed by atoms with E-state index in [0.29, 0.717) is 25.7 Å². The van der Waals surface area contributed by atoms with E-state index in [4.69, 9.17) is 37.0 Å². The fourth-order valence-corrected chi connectivity index (χ4v) is 15.2. The highest BCUT2D eigenvalue weighted by Gasteiger charge is 2.30. The summed E-state index contributed by atoms with van der Waals surface area (Å²) in [5, 5.41) is 10.7. The van der Waals surface area contributed by atoms with Crippen LogP contribution in [0.4, 0.5) is 0 Å². The molecule has 0 amide bonds. The van der Waals surface area contributed by atoms with Crippen molar-refractivity contribution in [2.24, 2.45) is 5.92 Å². The van der Waals surface area contributed by atoms with Crippen molar-refractivity contribution in [1.29, 1.82) is 0 Å². The molecule has 0 aromatic carbocycles. The van der Waals surface area contributed by atoms with Gasteiger partial charge in [0, 0.05) is 25.7 Å². The number of hydrogen-bond acceptors (Lipinski definition) is 15. The van der Waals surface area contributed by atoms with Crippen LogP contribution in [0.15, 0.2) is 0 Å². The summed E-state index contributed by atoms with van der Waals surface area (Å²) >= 11 is 0. The van der Waals surface area contributed by atoms with Gasteiger partial charge in [-0.3, -0.25) is 37.3 Å². The molecular formula is C87H170O17P2. The van der Waals surface area contributed by atoms with E-state index in [1.807, 2.05) is 0 Å². The fourth-order valence-electron chi connectivity index (χ4n) is 13.6. The second-order valence-corrected chi connectivity index (χ2v) is 34.7. The highest BCUT2D eigenvalue weighted by atomic mass is 31.2. The minimum absolute atomic E-state index is 0.108. The lowest BCUT2D eigenvalue weighted by Gasteiger charge is -2.21. The molecule has 0 aromatic heterocycles. The average Bonchev–Trinajstić information content (AvgIpc) is 0.902. The van der Waals surface area contributed by atoms with E-state index in [9.17, 15) is 43.2 Å². The van der Waals surface area contributed by atoms with Gasteiger partial charge in [-0.1, -0.05) is 420 Å². The summed E-state index contributed by atoms with van der Waals surface area (Å²) in [6.07, 6.45) is 73.7. The molecule has 19 heteroatoms. The first-order valence-corrected chi connectivity index (χ1v) is 48.1. The first kappa shape index (κ1) is 104. The lowest BCUT2D eigenvalue weighted by Crippen LogP contribution is -2.30. The molecule has 3 N–H and O–H groups in total. The molecular weight excluding hydrogens is 1380 g/mol. The van der Waals surface area contributed by atoms with Gasteiger partial charge in [-0.25, -0.2) is 9.13 Å². The van der Waals surface area contributed by atoms with E-state index < -0.39 is 97.5 Å². The van der Waals surface area contributed by atoms with Crippen molar-refractivity contribution in [3.63, 3.8) is 0 Å². The number of carbonyl (C=O) groups excluding carboxylic acids is 4. The molecule has 106 heavy (non-hydrogen) atoms. The second kappa shape index (κ2) is 79.7. The van der Waals surface area contributed by atoms with Crippen molar-refractivity contribution in [3.8, 4) is 0 Å². The second-order valence-electron chi connectivity index (χ2n) is 31.8. The van der Waals surface area contributed by atoms with Crippen LogP contribution in [0.2, 0.25) is 0 Å². The van der Waals surface area contributed by atoms with Gasteiger partial charge < -0.3 is 33.8 Å². The molecule has 0 saturated carbocycles. The third-order valence-electron chi connectivity index (χ3n) is 20.5. The molecule has 17 nitrogen and oxygen atoms in total. The predicted octanol–water partition coefficient (Wildman–Crippen LogP) is 26.8. The van der Waals surface area contributed by atoms with Crippen LogP contribution in [0, 0.1) is 5.92 Å². The molecule has 0 heterocycles. The summed E-state index contributed by atoms with van der Waals surface area (Å²) < 4.78 is 68.9. The van der Waals surface area contributed by atoms with Crippen molar-refractivity contribution < 1.29 is 80.2 Å². The van der Waals surface area contributed by atoms with Gasteiger partial charge in [-0.05, 0) is 31.6 Å². The fraction of sp³-hybridized carbons (Fsp3) is 0.954. The molecule has 630 valence electrons. The SMILES string of the molecule is CCCCCCCCCCCCCCCCCCCCCCCC(=O)O[C@H](COC(=O)CCCCCCCCCCCCCCCCCCCC)COP(=O)(O)OC[C@@H](O)COP(=O)(O)OC[C@@H](COC(=O)CCCCCCCCCCC(C)C)OC(=O)CCCCCCCCCCCCCCCCCC. The maximum Gasteiger partial charge on any atom is 0.472 e. The quantitative estimate of drug-likeness (QED) is 0.0222. The van der Waals surface area contributed by atoms with E-state index in [0.717, 1.165) is 95.8 Å². The van der Waals surface area contributed by atoms with Gasteiger partial charge in [-0.15, -0.1) is 0 Å². The highest BCUT2D eigenvalue weighted by Crippen LogP contribution is 2.45. The number of esters is 4. The topological polar surface area (TPSA) is 237 Å². The molecule has 0 radical (unpaired) electrons. The summed E-state index contributed by atoms with van der Waals surface area (Å²) in [6.45, 7) is 7.34. The number of rotatable bonds is 87. The Balaban J connectivity index is 5.23. The minimum Gasteiger partial charge on any atom is -0.462 e. The molecule has 5 atom stereocenters. The van der Waals surface area contributed by atoms with Crippen molar-refractivity contribution in [2.45, 2.75) is 490 Å². The predicted molar refractivity (Wildman–Crippen MR) is 437 cm³/mol. The van der Waals surface area contributed by atoms with E-state index in [-0.39, 0.29) is 25.7 Å². The summed E-state index contributed by atoms with van der Waals surface area (Å²) in [7, 11) is -9.93. The minimum atomic E-state index is -4.97. The van der Waals surface area contributed by atoms with Gasteiger partial charge in [0.05, 0.1) is 26.4 Å². The highest BCUT2D eigenvalue weighted by molar-refractivity contribution is 7.47. The maximum atomic E-state index is 13.2. The molecule has 2 unspecified atom stereocenters. The van der Waals surface area contributed by atoms with Crippen LogP contribution in [0.1, 0.15) is 471 Å².